The molecular formula is C28H42N2O5S. The van der Waals surface area contributed by atoms with Gasteiger partial charge in [0.05, 0.1) is 16.6 Å². The molecule has 6 atom stereocenters. The van der Waals surface area contributed by atoms with Gasteiger partial charge in [0, 0.05) is 31.0 Å². The number of aliphatic hydroxyl groups excluding tert-OH is 1. The summed E-state index contributed by atoms with van der Waals surface area (Å²) < 4.78 is 4.84. The Morgan fingerprint density at radius 3 is 2.61 bits per heavy atom. The van der Waals surface area contributed by atoms with Crippen molar-refractivity contribution in [3.8, 4) is 0 Å². The van der Waals surface area contributed by atoms with Gasteiger partial charge in [0.25, 0.3) is 0 Å². The minimum Gasteiger partial charge on any atom is -0.461 e. The first-order valence-electron chi connectivity index (χ1n) is 13.7. The summed E-state index contributed by atoms with van der Waals surface area (Å²) in [4.78, 5) is 45.5. The van der Waals surface area contributed by atoms with Crippen LogP contribution >= 0.6 is 11.8 Å². The lowest BCUT2D eigenvalue weighted by Crippen LogP contribution is -2.59. The van der Waals surface area contributed by atoms with Gasteiger partial charge in [-0.2, -0.15) is 0 Å². The van der Waals surface area contributed by atoms with Crippen molar-refractivity contribution >= 4 is 29.5 Å². The van der Waals surface area contributed by atoms with Crippen molar-refractivity contribution in [2.45, 2.75) is 86.8 Å². The van der Waals surface area contributed by atoms with Crippen LogP contribution in [0.1, 0.15) is 64.7 Å². The quantitative estimate of drug-likeness (QED) is 0.242. The minimum atomic E-state index is -0.623. The van der Waals surface area contributed by atoms with E-state index >= 15 is 0 Å². The Bertz CT molecular complexity index is 859. The molecule has 3 heterocycles. The molecule has 2 amide bonds. The van der Waals surface area contributed by atoms with Crippen LogP contribution in [0.3, 0.4) is 0 Å². The highest BCUT2D eigenvalue weighted by atomic mass is 32.2. The highest BCUT2D eigenvalue weighted by Gasteiger charge is 2.76. The molecule has 4 rings (SSSR count). The molecule has 2 bridgehead atoms. The van der Waals surface area contributed by atoms with E-state index in [-0.39, 0.29) is 48.2 Å². The molecule has 0 aromatic rings. The second-order valence-corrected chi connectivity index (χ2v) is 12.4. The van der Waals surface area contributed by atoms with Gasteiger partial charge in [0.1, 0.15) is 12.6 Å². The first-order valence-corrected chi connectivity index (χ1v) is 14.6. The minimum absolute atomic E-state index is 0.0133. The molecule has 1 N–H and O–H groups in total. The van der Waals surface area contributed by atoms with E-state index in [1.54, 1.807) is 28.8 Å². The third-order valence-electron chi connectivity index (χ3n) is 8.78. The summed E-state index contributed by atoms with van der Waals surface area (Å²) in [7, 11) is 0. The Hall–Kier alpha value is -1.80. The largest absolute Gasteiger partial charge is 0.461 e. The molecule has 1 saturated carbocycles. The molecule has 0 aromatic heterocycles. The molecule has 36 heavy (non-hydrogen) atoms. The zero-order chi connectivity index (χ0) is 25.9. The molecule has 4 aliphatic rings. The Kier molecular flexibility index (Phi) is 8.87. The van der Waals surface area contributed by atoms with Crippen molar-refractivity contribution in [3.05, 3.63) is 25.3 Å². The first kappa shape index (κ1) is 27.2. The van der Waals surface area contributed by atoms with Gasteiger partial charge in [-0.3, -0.25) is 14.4 Å². The van der Waals surface area contributed by atoms with E-state index in [4.69, 9.17) is 4.74 Å². The van der Waals surface area contributed by atoms with Crippen LogP contribution in [-0.4, -0.2) is 81.1 Å². The molecule has 7 nitrogen and oxygen atoms in total. The number of rotatable bonds is 12. The summed E-state index contributed by atoms with van der Waals surface area (Å²) in [6.07, 6.45) is 11.7. The van der Waals surface area contributed by atoms with Crippen molar-refractivity contribution in [1.82, 2.24) is 9.80 Å². The molecule has 4 fully saturated rings. The Balaban J connectivity index is 1.70. The maximum Gasteiger partial charge on any atom is 0.311 e. The fourth-order valence-corrected chi connectivity index (χ4v) is 9.63. The zero-order valence-corrected chi connectivity index (χ0v) is 22.4. The Morgan fingerprint density at radius 1 is 1.19 bits per heavy atom. The fourth-order valence-electron chi connectivity index (χ4n) is 7.22. The molecule has 3 aliphatic heterocycles. The number of fused-ring (bicyclic) bond motifs is 1. The van der Waals surface area contributed by atoms with E-state index in [1.807, 2.05) is 4.90 Å². The third-order valence-corrected chi connectivity index (χ3v) is 10.9. The average molecular weight is 519 g/mol. The SMILES string of the molecule is C=CCOC(=O)[C@@H]1[C@@H]2CC(C)C3(S2)C(C(=O)N(CC=C)C2CCCCC2)N(CCCCCO)C(=O)[C@H]13. The van der Waals surface area contributed by atoms with Crippen LogP contribution in [0.4, 0.5) is 0 Å². The normalized spacial score (nSPS) is 33.4. The van der Waals surface area contributed by atoms with Crippen LogP contribution in [0.15, 0.2) is 25.3 Å². The van der Waals surface area contributed by atoms with Gasteiger partial charge >= 0.3 is 5.97 Å². The summed E-state index contributed by atoms with van der Waals surface area (Å²) in [5.74, 6) is -1.35. The maximum absolute atomic E-state index is 14.5. The molecule has 8 heteroatoms. The van der Waals surface area contributed by atoms with E-state index < -0.39 is 22.6 Å². The number of carbonyl (C=O) groups is 3. The van der Waals surface area contributed by atoms with Crippen molar-refractivity contribution < 1.29 is 24.2 Å². The molecular weight excluding hydrogens is 476 g/mol. The number of unbranched alkanes of at least 4 members (excludes halogenated alkanes) is 2. The van der Waals surface area contributed by atoms with Gasteiger partial charge in [0.15, 0.2) is 0 Å². The summed E-state index contributed by atoms with van der Waals surface area (Å²) in [6, 6.07) is -0.425. The fraction of sp³-hybridized carbons (Fsp3) is 0.750. The number of esters is 1. The maximum atomic E-state index is 14.5. The van der Waals surface area contributed by atoms with Crippen LogP contribution in [0, 0.1) is 17.8 Å². The number of hydrogen-bond acceptors (Lipinski definition) is 6. The zero-order valence-electron chi connectivity index (χ0n) is 21.6. The van der Waals surface area contributed by atoms with E-state index in [0.717, 1.165) is 44.9 Å². The lowest BCUT2D eigenvalue weighted by Gasteiger charge is -2.43. The van der Waals surface area contributed by atoms with Crippen LogP contribution < -0.4 is 0 Å². The van der Waals surface area contributed by atoms with Gasteiger partial charge in [0.2, 0.25) is 11.8 Å². The van der Waals surface area contributed by atoms with Crippen LogP contribution in [0.25, 0.3) is 0 Å². The van der Waals surface area contributed by atoms with Crippen molar-refractivity contribution in [2.75, 3.05) is 26.3 Å². The van der Waals surface area contributed by atoms with Crippen LogP contribution in [-0.2, 0) is 19.1 Å². The van der Waals surface area contributed by atoms with Gasteiger partial charge in [-0.05, 0) is 44.4 Å². The summed E-state index contributed by atoms with van der Waals surface area (Å²) in [5.41, 5.74) is 0. The molecule has 0 aromatic carbocycles. The van der Waals surface area contributed by atoms with E-state index in [2.05, 4.69) is 20.1 Å². The van der Waals surface area contributed by atoms with E-state index in [9.17, 15) is 19.5 Å². The van der Waals surface area contributed by atoms with Gasteiger partial charge in [-0.1, -0.05) is 44.9 Å². The number of nitrogens with zero attached hydrogens (tertiary/aromatic N) is 2. The van der Waals surface area contributed by atoms with Crippen LogP contribution in [0.2, 0.25) is 0 Å². The Labute approximate surface area is 219 Å². The lowest BCUT2D eigenvalue weighted by molar-refractivity contribution is -0.153. The number of carbonyl (C=O) groups excluding carboxylic acids is 3. The highest BCUT2D eigenvalue weighted by molar-refractivity contribution is 8.02. The van der Waals surface area contributed by atoms with Gasteiger partial charge < -0.3 is 19.6 Å². The predicted octanol–water partition coefficient (Wildman–Crippen LogP) is 3.56. The van der Waals surface area contributed by atoms with Gasteiger partial charge in [-0.15, -0.1) is 18.3 Å². The smallest absolute Gasteiger partial charge is 0.311 e. The molecule has 3 unspecified atom stereocenters. The highest BCUT2D eigenvalue weighted by Crippen LogP contribution is 2.68. The number of amides is 2. The number of ether oxygens (including phenoxy) is 1. The molecule has 200 valence electrons. The number of aliphatic hydroxyl groups is 1. The van der Waals surface area contributed by atoms with Gasteiger partial charge in [-0.25, -0.2) is 0 Å². The van der Waals surface area contributed by atoms with Crippen LogP contribution in [0.5, 0.6) is 0 Å². The second kappa shape index (κ2) is 11.7. The molecule has 1 spiro atoms. The predicted molar refractivity (Wildman–Crippen MR) is 141 cm³/mol. The lowest BCUT2D eigenvalue weighted by atomic mass is 9.66. The summed E-state index contributed by atoms with van der Waals surface area (Å²) in [5, 5.41) is 9.22. The summed E-state index contributed by atoms with van der Waals surface area (Å²) >= 11 is 1.69. The number of likely N-dealkylation sites (tertiary alicyclic amines) is 1. The average Bonchev–Trinajstić information content (AvgIpc) is 3.47. The topological polar surface area (TPSA) is 87.2 Å². The monoisotopic (exact) mass is 518 g/mol. The molecule has 0 radical (unpaired) electrons. The van der Waals surface area contributed by atoms with Crippen molar-refractivity contribution in [3.63, 3.8) is 0 Å². The third kappa shape index (κ3) is 4.64. The number of thioether (sulfide) groups is 1. The van der Waals surface area contributed by atoms with E-state index in [1.165, 1.54) is 6.42 Å². The second-order valence-electron chi connectivity index (χ2n) is 10.9. The standard InChI is InChI=1S/C28H42N2O5S/c1-4-14-29(20-12-8-6-9-13-20)26(33)24-28-19(3)18-21(36-28)22(27(34)35-17-5-2)23(28)25(32)30(24)15-10-7-11-16-31/h4-5,19-24,31H,1-2,6-18H2,3H3/t19?,21-,22+,23-,24?,28?/m0/s1. The molecule has 3 saturated heterocycles. The number of hydrogen-bond donors (Lipinski definition) is 1. The first-order chi connectivity index (χ1) is 17.4. The molecule has 1 aliphatic carbocycles. The van der Waals surface area contributed by atoms with E-state index in [0.29, 0.717) is 19.5 Å². The summed E-state index contributed by atoms with van der Waals surface area (Å²) in [6.45, 7) is 10.9. The Morgan fingerprint density at radius 2 is 1.94 bits per heavy atom. The van der Waals surface area contributed by atoms with Crippen molar-refractivity contribution in [1.29, 1.82) is 0 Å². The van der Waals surface area contributed by atoms with Crippen molar-refractivity contribution in [2.24, 2.45) is 17.8 Å².